The average molecular weight is 267 g/mol. The molecular weight excluding hydrogens is 256 g/mol. The van der Waals surface area contributed by atoms with Gasteiger partial charge in [0.05, 0.1) is 0 Å². The first-order valence-electron chi connectivity index (χ1n) is 4.79. The number of hydrogen-bond donors (Lipinski definition) is 0. The fourth-order valence-electron chi connectivity index (χ4n) is 1.37. The monoisotopic (exact) mass is 266 g/mol. The minimum Gasteiger partial charge on any atom is -0.421 e. The molecule has 0 amide bonds. The van der Waals surface area contributed by atoms with Crippen molar-refractivity contribution in [1.29, 1.82) is 0 Å². The number of rotatable bonds is 2. The van der Waals surface area contributed by atoms with E-state index in [2.05, 4.69) is 26.1 Å². The van der Waals surface area contributed by atoms with E-state index in [1.165, 1.54) is 0 Å². The molecule has 2 aromatic rings. The molecule has 15 heavy (non-hydrogen) atoms. The third-order valence-electron chi connectivity index (χ3n) is 2.19. The molecule has 0 aliphatic heterocycles. The Bertz CT molecular complexity index is 479. The van der Waals surface area contributed by atoms with Gasteiger partial charge in [-0.1, -0.05) is 22.9 Å². The number of nitrogens with zero attached hydrogens (tertiary/aromatic N) is 2. The molecule has 1 aromatic heterocycles. The van der Waals surface area contributed by atoms with Crippen molar-refractivity contribution in [2.75, 3.05) is 0 Å². The molecule has 0 radical (unpaired) electrons. The van der Waals surface area contributed by atoms with E-state index < -0.39 is 0 Å². The van der Waals surface area contributed by atoms with Crippen molar-refractivity contribution < 1.29 is 4.42 Å². The lowest BCUT2D eigenvalue weighted by molar-refractivity contribution is 0.512. The van der Waals surface area contributed by atoms with E-state index in [4.69, 9.17) is 4.42 Å². The lowest BCUT2D eigenvalue weighted by Gasteiger charge is -2.00. The molecule has 0 bridgehead atoms. The maximum Gasteiger partial charge on any atom is 0.247 e. The van der Waals surface area contributed by atoms with Gasteiger partial charge in [0.2, 0.25) is 11.8 Å². The molecule has 2 rings (SSSR count). The van der Waals surface area contributed by atoms with Gasteiger partial charge < -0.3 is 4.42 Å². The highest BCUT2D eigenvalue weighted by molar-refractivity contribution is 9.10. The van der Waals surface area contributed by atoms with E-state index in [0.717, 1.165) is 22.0 Å². The van der Waals surface area contributed by atoms with Crippen LogP contribution >= 0.6 is 15.9 Å². The average Bonchev–Trinajstić information content (AvgIpc) is 2.66. The molecule has 0 saturated heterocycles. The van der Waals surface area contributed by atoms with E-state index in [1.54, 1.807) is 0 Å². The highest BCUT2D eigenvalue weighted by Crippen LogP contribution is 2.24. The standard InChI is InChI=1S/C11H11BrN2O/c1-3-10-13-14-11(15-10)9-5-4-8(12)6-7(9)2/h4-6H,3H2,1-2H3. The minimum atomic E-state index is 0.594. The van der Waals surface area contributed by atoms with Crippen molar-refractivity contribution in [3.05, 3.63) is 34.1 Å². The van der Waals surface area contributed by atoms with Crippen molar-refractivity contribution in [2.45, 2.75) is 20.3 Å². The van der Waals surface area contributed by atoms with Crippen LogP contribution in [0.4, 0.5) is 0 Å². The molecule has 0 aliphatic rings. The first kappa shape index (κ1) is 10.4. The summed E-state index contributed by atoms with van der Waals surface area (Å²) in [5, 5.41) is 7.96. The van der Waals surface area contributed by atoms with Gasteiger partial charge in [-0.25, -0.2) is 0 Å². The van der Waals surface area contributed by atoms with Crippen molar-refractivity contribution in [3.8, 4) is 11.5 Å². The van der Waals surface area contributed by atoms with Gasteiger partial charge in [-0.05, 0) is 30.7 Å². The second-order valence-corrected chi connectivity index (χ2v) is 4.23. The van der Waals surface area contributed by atoms with Crippen LogP contribution in [0.1, 0.15) is 18.4 Å². The summed E-state index contributed by atoms with van der Waals surface area (Å²) in [4.78, 5) is 0. The fourth-order valence-corrected chi connectivity index (χ4v) is 1.85. The van der Waals surface area contributed by atoms with E-state index in [9.17, 15) is 0 Å². The van der Waals surface area contributed by atoms with E-state index >= 15 is 0 Å². The van der Waals surface area contributed by atoms with Gasteiger partial charge in [0.15, 0.2) is 0 Å². The Labute approximate surface area is 96.7 Å². The predicted octanol–water partition coefficient (Wildman–Crippen LogP) is 3.37. The molecule has 0 N–H and O–H groups in total. The number of aromatic nitrogens is 2. The smallest absolute Gasteiger partial charge is 0.247 e. The fraction of sp³-hybridized carbons (Fsp3) is 0.273. The van der Waals surface area contributed by atoms with Gasteiger partial charge in [0.25, 0.3) is 0 Å². The maximum absolute atomic E-state index is 5.50. The van der Waals surface area contributed by atoms with Crippen LogP contribution in [0.5, 0.6) is 0 Å². The Kier molecular flexibility index (Phi) is 2.86. The molecule has 0 aliphatic carbocycles. The zero-order valence-electron chi connectivity index (χ0n) is 8.62. The number of benzene rings is 1. The summed E-state index contributed by atoms with van der Waals surface area (Å²) in [5.74, 6) is 1.27. The first-order valence-corrected chi connectivity index (χ1v) is 5.59. The third kappa shape index (κ3) is 2.09. The Balaban J connectivity index is 2.44. The van der Waals surface area contributed by atoms with Crippen LogP contribution in [0.2, 0.25) is 0 Å². The van der Waals surface area contributed by atoms with Gasteiger partial charge in [0.1, 0.15) is 0 Å². The van der Waals surface area contributed by atoms with Crippen LogP contribution in [0.3, 0.4) is 0 Å². The van der Waals surface area contributed by atoms with Crippen molar-refractivity contribution >= 4 is 15.9 Å². The van der Waals surface area contributed by atoms with Crippen LogP contribution in [-0.2, 0) is 6.42 Å². The topological polar surface area (TPSA) is 38.9 Å². The van der Waals surface area contributed by atoms with Gasteiger partial charge >= 0.3 is 0 Å². The first-order chi connectivity index (χ1) is 7.20. The van der Waals surface area contributed by atoms with Gasteiger partial charge in [-0.3, -0.25) is 0 Å². The van der Waals surface area contributed by atoms with Crippen LogP contribution in [0.25, 0.3) is 11.5 Å². The molecule has 0 atom stereocenters. The highest BCUT2D eigenvalue weighted by atomic mass is 79.9. The Morgan fingerprint density at radius 3 is 2.73 bits per heavy atom. The molecule has 1 aromatic carbocycles. The number of halogens is 1. The van der Waals surface area contributed by atoms with E-state index in [1.807, 2.05) is 32.0 Å². The van der Waals surface area contributed by atoms with Crippen LogP contribution in [0, 0.1) is 6.92 Å². The van der Waals surface area contributed by atoms with Crippen molar-refractivity contribution in [3.63, 3.8) is 0 Å². The predicted molar refractivity (Wildman–Crippen MR) is 61.5 cm³/mol. The molecule has 1 heterocycles. The van der Waals surface area contributed by atoms with Gasteiger partial charge in [-0.2, -0.15) is 0 Å². The summed E-state index contributed by atoms with van der Waals surface area (Å²) in [6.45, 7) is 4.02. The summed E-state index contributed by atoms with van der Waals surface area (Å²) >= 11 is 3.42. The molecule has 0 spiro atoms. The lowest BCUT2D eigenvalue weighted by Crippen LogP contribution is -1.83. The van der Waals surface area contributed by atoms with Crippen LogP contribution in [-0.4, -0.2) is 10.2 Å². The number of hydrogen-bond acceptors (Lipinski definition) is 3. The van der Waals surface area contributed by atoms with E-state index in [0.29, 0.717) is 11.8 Å². The van der Waals surface area contributed by atoms with Crippen LogP contribution < -0.4 is 0 Å². The molecule has 0 saturated carbocycles. The van der Waals surface area contributed by atoms with Crippen molar-refractivity contribution in [2.24, 2.45) is 0 Å². The molecule has 78 valence electrons. The zero-order chi connectivity index (χ0) is 10.8. The van der Waals surface area contributed by atoms with E-state index in [-0.39, 0.29) is 0 Å². The quantitative estimate of drug-likeness (QED) is 0.837. The second-order valence-electron chi connectivity index (χ2n) is 3.31. The van der Waals surface area contributed by atoms with Crippen molar-refractivity contribution in [1.82, 2.24) is 10.2 Å². The normalized spacial score (nSPS) is 10.6. The van der Waals surface area contributed by atoms with Gasteiger partial charge in [0, 0.05) is 16.5 Å². The summed E-state index contributed by atoms with van der Waals surface area (Å²) in [7, 11) is 0. The minimum absolute atomic E-state index is 0.594. The maximum atomic E-state index is 5.50. The number of aryl methyl sites for hydroxylation is 2. The van der Waals surface area contributed by atoms with Crippen LogP contribution in [0.15, 0.2) is 27.1 Å². The summed E-state index contributed by atoms with van der Waals surface area (Å²) in [6, 6.07) is 5.98. The Hall–Kier alpha value is -1.16. The third-order valence-corrected chi connectivity index (χ3v) is 2.68. The lowest BCUT2D eigenvalue weighted by atomic mass is 10.1. The second kappa shape index (κ2) is 4.14. The molecule has 3 nitrogen and oxygen atoms in total. The summed E-state index contributed by atoms with van der Waals surface area (Å²) < 4.78 is 6.56. The Morgan fingerprint density at radius 2 is 2.13 bits per heavy atom. The molecular formula is C11H11BrN2O. The molecule has 4 heteroatoms. The SMILES string of the molecule is CCc1nnc(-c2ccc(Br)cc2C)o1. The molecule has 0 fully saturated rings. The largest absolute Gasteiger partial charge is 0.421 e. The zero-order valence-corrected chi connectivity index (χ0v) is 10.2. The highest BCUT2D eigenvalue weighted by Gasteiger charge is 2.09. The van der Waals surface area contributed by atoms with Gasteiger partial charge in [-0.15, -0.1) is 10.2 Å². The summed E-state index contributed by atoms with van der Waals surface area (Å²) in [5.41, 5.74) is 2.11. The molecule has 0 unspecified atom stereocenters. The summed E-state index contributed by atoms with van der Waals surface area (Å²) in [6.07, 6.45) is 0.766. The Morgan fingerprint density at radius 1 is 1.33 bits per heavy atom.